The van der Waals surface area contributed by atoms with Crippen molar-refractivity contribution in [2.24, 2.45) is 0 Å². The molecule has 2 aromatic heterocycles. The van der Waals surface area contributed by atoms with Crippen LogP contribution in [0, 0.1) is 5.82 Å². The smallest absolute Gasteiger partial charge is 0.237 e. The molecule has 1 aromatic carbocycles. The van der Waals surface area contributed by atoms with E-state index in [-0.39, 0.29) is 29.4 Å². The molecule has 1 amide bonds. The quantitative estimate of drug-likeness (QED) is 0.595. The Balaban J connectivity index is 1.46. The maximum Gasteiger partial charge on any atom is 0.237 e. The van der Waals surface area contributed by atoms with Crippen molar-refractivity contribution < 1.29 is 13.7 Å². The maximum atomic E-state index is 14.2. The van der Waals surface area contributed by atoms with Crippen LogP contribution in [0.25, 0.3) is 11.4 Å². The molecule has 2 heterocycles. The number of hydrogen-bond acceptors (Lipinski definition) is 6. The average Bonchev–Trinajstić information content (AvgIpc) is 3.24. The second-order valence-corrected chi connectivity index (χ2v) is 7.94. The van der Waals surface area contributed by atoms with Crippen LogP contribution in [0.5, 0.6) is 0 Å². The molecule has 1 aliphatic rings. The van der Waals surface area contributed by atoms with Gasteiger partial charge in [-0.2, -0.15) is 0 Å². The lowest BCUT2D eigenvalue weighted by atomic mass is 10.1. The highest BCUT2D eigenvalue weighted by molar-refractivity contribution is 7.99. The number of nitrogens with zero attached hydrogens (tertiary/aromatic N) is 4. The molecule has 1 N–H and O–H groups in total. The fraction of sp³-hybridized carbons (Fsp3) is 0.368. The highest BCUT2D eigenvalue weighted by Gasteiger charge is 2.31. The van der Waals surface area contributed by atoms with E-state index in [2.05, 4.69) is 20.7 Å². The Bertz CT molecular complexity index is 996. The lowest BCUT2D eigenvalue weighted by Crippen LogP contribution is -2.14. The average molecular weight is 401 g/mol. The van der Waals surface area contributed by atoms with Gasteiger partial charge < -0.3 is 4.52 Å². The SMILES string of the molecule is CC(C)c1cc(NC(=O)CSc2nnc(-c3ccccc3F)n2C2CC2)on1. The fourth-order valence-corrected chi connectivity index (χ4v) is 3.59. The molecule has 1 saturated carbocycles. The minimum atomic E-state index is -0.336. The lowest BCUT2D eigenvalue weighted by Gasteiger charge is -2.09. The summed E-state index contributed by atoms with van der Waals surface area (Å²) in [7, 11) is 0. The summed E-state index contributed by atoms with van der Waals surface area (Å²) in [5, 5.41) is 15.6. The predicted molar refractivity (Wildman–Crippen MR) is 104 cm³/mol. The van der Waals surface area contributed by atoms with Crippen molar-refractivity contribution in [1.29, 1.82) is 0 Å². The van der Waals surface area contributed by atoms with Crippen molar-refractivity contribution in [3.8, 4) is 11.4 Å². The number of benzene rings is 1. The Morgan fingerprint density at radius 2 is 2.14 bits per heavy atom. The van der Waals surface area contributed by atoms with E-state index < -0.39 is 0 Å². The highest BCUT2D eigenvalue weighted by Crippen LogP contribution is 2.41. The summed E-state index contributed by atoms with van der Waals surface area (Å²) in [5.74, 6) is 0.620. The number of amides is 1. The topological polar surface area (TPSA) is 85.8 Å². The van der Waals surface area contributed by atoms with Crippen molar-refractivity contribution >= 4 is 23.6 Å². The zero-order valence-electron chi connectivity index (χ0n) is 15.6. The van der Waals surface area contributed by atoms with Gasteiger partial charge in [-0.05, 0) is 30.9 Å². The molecule has 0 atom stereocenters. The van der Waals surface area contributed by atoms with Crippen LogP contribution in [0.2, 0.25) is 0 Å². The molecule has 28 heavy (non-hydrogen) atoms. The summed E-state index contributed by atoms with van der Waals surface area (Å²) in [6, 6.07) is 8.48. The Morgan fingerprint density at radius 1 is 1.36 bits per heavy atom. The zero-order valence-corrected chi connectivity index (χ0v) is 16.4. The van der Waals surface area contributed by atoms with Gasteiger partial charge in [0.15, 0.2) is 11.0 Å². The number of thioether (sulfide) groups is 1. The minimum absolute atomic E-state index is 0.139. The monoisotopic (exact) mass is 401 g/mol. The van der Waals surface area contributed by atoms with Crippen LogP contribution in [-0.2, 0) is 4.79 Å². The summed E-state index contributed by atoms with van der Waals surface area (Å²) in [5.41, 5.74) is 1.20. The van der Waals surface area contributed by atoms with Crippen molar-refractivity contribution in [3.05, 3.63) is 41.8 Å². The van der Waals surface area contributed by atoms with E-state index in [1.54, 1.807) is 24.3 Å². The lowest BCUT2D eigenvalue weighted by molar-refractivity contribution is -0.113. The first-order valence-electron chi connectivity index (χ1n) is 9.12. The van der Waals surface area contributed by atoms with Gasteiger partial charge in [0.2, 0.25) is 11.8 Å². The molecule has 3 aromatic rings. The first kappa shape index (κ1) is 18.7. The van der Waals surface area contributed by atoms with Gasteiger partial charge in [-0.25, -0.2) is 4.39 Å². The van der Waals surface area contributed by atoms with Gasteiger partial charge in [-0.1, -0.05) is 42.9 Å². The zero-order chi connectivity index (χ0) is 19.7. The molecule has 0 bridgehead atoms. The van der Waals surface area contributed by atoms with Crippen molar-refractivity contribution in [1.82, 2.24) is 19.9 Å². The number of carbonyl (C=O) groups is 1. The van der Waals surface area contributed by atoms with Gasteiger partial charge in [0.05, 0.1) is 17.0 Å². The van der Waals surface area contributed by atoms with Gasteiger partial charge in [-0.15, -0.1) is 10.2 Å². The Kier molecular flexibility index (Phi) is 5.17. The Morgan fingerprint density at radius 3 is 2.82 bits per heavy atom. The van der Waals surface area contributed by atoms with E-state index in [0.717, 1.165) is 18.5 Å². The molecule has 146 valence electrons. The Hall–Kier alpha value is -2.68. The molecule has 4 rings (SSSR count). The first-order valence-corrected chi connectivity index (χ1v) is 10.1. The molecule has 0 unspecified atom stereocenters. The number of carbonyl (C=O) groups excluding carboxylic acids is 1. The van der Waals surface area contributed by atoms with Crippen molar-refractivity contribution in [2.45, 2.75) is 43.8 Å². The van der Waals surface area contributed by atoms with Gasteiger partial charge >= 0.3 is 0 Å². The normalized spacial score (nSPS) is 13.9. The molecule has 1 aliphatic carbocycles. The summed E-state index contributed by atoms with van der Waals surface area (Å²) in [6.45, 7) is 3.99. The number of aromatic nitrogens is 4. The minimum Gasteiger partial charge on any atom is -0.338 e. The van der Waals surface area contributed by atoms with E-state index >= 15 is 0 Å². The van der Waals surface area contributed by atoms with E-state index in [9.17, 15) is 9.18 Å². The number of nitrogens with one attached hydrogen (secondary N) is 1. The third-order valence-corrected chi connectivity index (χ3v) is 5.35. The molecule has 9 heteroatoms. The van der Waals surface area contributed by atoms with Gasteiger partial charge in [0.1, 0.15) is 5.82 Å². The third-order valence-electron chi connectivity index (χ3n) is 4.41. The highest BCUT2D eigenvalue weighted by atomic mass is 32.2. The van der Waals surface area contributed by atoms with E-state index in [4.69, 9.17) is 4.52 Å². The molecule has 0 radical (unpaired) electrons. The van der Waals surface area contributed by atoms with Gasteiger partial charge in [-0.3, -0.25) is 14.7 Å². The van der Waals surface area contributed by atoms with Crippen molar-refractivity contribution in [3.63, 3.8) is 0 Å². The van der Waals surface area contributed by atoms with Crippen LogP contribution in [-0.4, -0.2) is 31.6 Å². The van der Waals surface area contributed by atoms with E-state index in [1.807, 2.05) is 18.4 Å². The first-order chi connectivity index (χ1) is 13.5. The second kappa shape index (κ2) is 7.75. The second-order valence-electron chi connectivity index (χ2n) is 6.99. The van der Waals surface area contributed by atoms with Crippen LogP contribution in [0.15, 0.2) is 40.0 Å². The van der Waals surface area contributed by atoms with Crippen molar-refractivity contribution in [2.75, 3.05) is 11.1 Å². The largest absolute Gasteiger partial charge is 0.338 e. The summed E-state index contributed by atoms with van der Waals surface area (Å²) in [4.78, 5) is 12.3. The number of halogens is 1. The molecule has 7 nitrogen and oxygen atoms in total. The maximum absolute atomic E-state index is 14.2. The van der Waals surface area contributed by atoms with E-state index in [1.165, 1.54) is 17.8 Å². The number of anilines is 1. The number of hydrogen-bond donors (Lipinski definition) is 1. The predicted octanol–water partition coefficient (Wildman–Crippen LogP) is 4.26. The third kappa shape index (κ3) is 3.94. The van der Waals surface area contributed by atoms with Gasteiger partial charge in [0, 0.05) is 12.1 Å². The molecule has 1 fully saturated rings. The van der Waals surface area contributed by atoms with E-state index in [0.29, 0.717) is 22.4 Å². The molecule has 0 aliphatic heterocycles. The van der Waals surface area contributed by atoms with Crippen LogP contribution in [0.3, 0.4) is 0 Å². The molecular weight excluding hydrogens is 381 g/mol. The number of rotatable bonds is 7. The summed E-state index contributed by atoms with van der Waals surface area (Å²) >= 11 is 1.27. The fourth-order valence-electron chi connectivity index (χ4n) is 2.79. The molecular formula is C19H20FN5O2S. The van der Waals surface area contributed by atoms with Crippen LogP contribution in [0.1, 0.15) is 44.3 Å². The molecule has 0 spiro atoms. The Labute approximate surface area is 165 Å². The molecule has 0 saturated heterocycles. The summed E-state index contributed by atoms with van der Waals surface area (Å²) in [6.07, 6.45) is 1.99. The van der Waals surface area contributed by atoms with Crippen LogP contribution in [0.4, 0.5) is 10.3 Å². The summed E-state index contributed by atoms with van der Waals surface area (Å²) < 4.78 is 21.3. The van der Waals surface area contributed by atoms with Crippen LogP contribution < -0.4 is 5.32 Å². The standard InChI is InChI=1S/C19H20FN5O2S/c1-11(2)15-9-17(27-24-15)21-16(26)10-28-19-23-22-18(25(19)12-7-8-12)13-5-3-4-6-14(13)20/h3-6,9,11-12H,7-8,10H2,1-2H3,(H,21,26). The van der Waals surface area contributed by atoms with Gasteiger partial charge in [0.25, 0.3) is 0 Å². The van der Waals surface area contributed by atoms with Crippen LogP contribution >= 0.6 is 11.8 Å².